The van der Waals surface area contributed by atoms with Gasteiger partial charge in [-0.05, 0) is 19.3 Å². The van der Waals surface area contributed by atoms with Gasteiger partial charge < -0.3 is 35.0 Å². The van der Waals surface area contributed by atoms with Crippen LogP contribution in [0.15, 0.2) is 0 Å². The van der Waals surface area contributed by atoms with Crippen LogP contribution in [-0.4, -0.2) is 50.1 Å². The predicted molar refractivity (Wildman–Crippen MR) is 87.5 cm³/mol. The highest BCUT2D eigenvalue weighted by molar-refractivity contribution is 7.51. The van der Waals surface area contributed by atoms with Gasteiger partial charge in [-0.15, -0.1) is 0 Å². The molecule has 132 valence electrons. The Bertz CT molecular complexity index is 297. The number of hydrogen-bond acceptors (Lipinski definition) is 9. The molecule has 2 fully saturated rings. The Morgan fingerprint density at radius 1 is 0.739 bits per heavy atom. The van der Waals surface area contributed by atoms with E-state index in [2.05, 4.69) is 0 Å². The van der Waals surface area contributed by atoms with E-state index < -0.39 is 56.1 Å². The minimum atomic E-state index is -2.21. The Morgan fingerprint density at radius 2 is 1.17 bits per heavy atom. The molecule has 0 bridgehead atoms. The van der Waals surface area contributed by atoms with Gasteiger partial charge in [-0.1, -0.05) is 20.8 Å². The van der Waals surface area contributed by atoms with Crippen molar-refractivity contribution < 1.29 is 35.0 Å². The van der Waals surface area contributed by atoms with Crippen LogP contribution in [-0.2, 0) is 35.0 Å². The average molecular weight is 420 g/mol. The van der Waals surface area contributed by atoms with Gasteiger partial charge in [0.15, 0.2) is 0 Å². The molecule has 2 saturated heterocycles. The van der Waals surface area contributed by atoms with E-state index in [0.717, 1.165) is 19.3 Å². The maximum Gasteiger partial charge on any atom is 0.924 e. The van der Waals surface area contributed by atoms with Crippen molar-refractivity contribution in [2.45, 2.75) is 40.0 Å². The van der Waals surface area contributed by atoms with Gasteiger partial charge in [-0.2, -0.15) is 0 Å². The molecule has 0 atom stereocenters. The zero-order chi connectivity index (χ0) is 16.5. The highest BCUT2D eigenvalue weighted by atomic mass is 31.2. The molecule has 23 heavy (non-hydrogen) atoms. The largest absolute Gasteiger partial charge is 0.924 e. The summed E-state index contributed by atoms with van der Waals surface area (Å²) in [5.41, 5.74) is 0. The lowest BCUT2D eigenvalue weighted by Crippen LogP contribution is -2.35. The molecule has 0 aliphatic carbocycles. The minimum absolute atomic E-state index is 0.524. The van der Waals surface area contributed by atoms with Crippen molar-refractivity contribution in [1.82, 2.24) is 0 Å². The molecule has 0 aromatic rings. The molecule has 0 unspecified atom stereocenters. The number of hydrogen-bond donors (Lipinski definition) is 0. The molecular formula is C9H21Al2O9P3. The molecule has 2 aliphatic rings. The second-order valence-electron chi connectivity index (χ2n) is 4.38. The fourth-order valence-electron chi connectivity index (χ4n) is 1.22. The van der Waals surface area contributed by atoms with E-state index in [1.807, 2.05) is 20.8 Å². The van der Waals surface area contributed by atoms with Crippen LogP contribution in [0.4, 0.5) is 0 Å². The molecule has 0 radical (unpaired) electrons. The maximum absolute atomic E-state index is 5.61. The summed E-state index contributed by atoms with van der Waals surface area (Å²) in [6, 6.07) is 0. The smallest absolute Gasteiger partial charge is 0.390 e. The summed E-state index contributed by atoms with van der Waals surface area (Å²) in [5, 5.41) is 0. The third-order valence-corrected chi connectivity index (χ3v) is 11.7. The monoisotopic (exact) mass is 420 g/mol. The lowest BCUT2D eigenvalue weighted by atomic mass is 10.5. The molecule has 9 nitrogen and oxygen atoms in total. The van der Waals surface area contributed by atoms with Crippen LogP contribution < -0.4 is 0 Å². The molecule has 2 heterocycles. The second-order valence-corrected chi connectivity index (χ2v) is 12.7. The first-order valence-corrected chi connectivity index (χ1v) is 13.7. The molecule has 0 N–H and O–H groups in total. The lowest BCUT2D eigenvalue weighted by Gasteiger charge is -2.34. The van der Waals surface area contributed by atoms with Crippen molar-refractivity contribution in [2.24, 2.45) is 0 Å². The molecular weight excluding hydrogens is 399 g/mol. The third kappa shape index (κ3) is 8.04. The SMILES string of the molecule is CCCOP1[O][Al]([O]P(OCCC)[O][Al]2[O]P(OCCC)[O]2)[O]1. The van der Waals surface area contributed by atoms with Gasteiger partial charge in [0.1, 0.15) is 0 Å². The molecule has 2 aliphatic heterocycles. The van der Waals surface area contributed by atoms with Crippen molar-refractivity contribution in [1.29, 1.82) is 0 Å². The molecule has 0 aromatic carbocycles. The van der Waals surface area contributed by atoms with Gasteiger partial charge in [0, 0.05) is 0 Å². The first-order chi connectivity index (χ1) is 11.2. The lowest BCUT2D eigenvalue weighted by molar-refractivity contribution is 0.132. The maximum atomic E-state index is 5.61. The molecule has 0 spiro atoms. The Morgan fingerprint density at radius 3 is 1.57 bits per heavy atom. The van der Waals surface area contributed by atoms with Gasteiger partial charge >= 0.3 is 30.3 Å². The first kappa shape index (κ1) is 21.3. The quantitative estimate of drug-likeness (QED) is 0.324. The van der Waals surface area contributed by atoms with Crippen LogP contribution in [0.3, 0.4) is 0 Å². The van der Waals surface area contributed by atoms with Gasteiger partial charge in [0.25, 0.3) is 25.8 Å². The third-order valence-electron chi connectivity index (χ3n) is 2.24. The molecule has 0 aromatic heterocycles. The van der Waals surface area contributed by atoms with E-state index in [-0.39, 0.29) is 0 Å². The van der Waals surface area contributed by atoms with Crippen molar-refractivity contribution >= 4 is 56.1 Å². The summed E-state index contributed by atoms with van der Waals surface area (Å²) in [6.07, 6.45) is 2.68. The Balaban J connectivity index is 1.61. The summed E-state index contributed by atoms with van der Waals surface area (Å²) in [5.74, 6) is 0. The summed E-state index contributed by atoms with van der Waals surface area (Å²) in [7, 11) is -4.07. The highest BCUT2D eigenvalue weighted by Gasteiger charge is 2.56. The van der Waals surface area contributed by atoms with Gasteiger partial charge in [0.2, 0.25) is 0 Å². The minimum Gasteiger partial charge on any atom is -0.390 e. The normalized spacial score (nSPS) is 19.3. The van der Waals surface area contributed by atoms with Crippen LogP contribution in [0.1, 0.15) is 40.0 Å². The van der Waals surface area contributed by atoms with Gasteiger partial charge in [0.05, 0.1) is 19.8 Å². The average Bonchev–Trinajstić information content (AvgIpc) is 2.48. The van der Waals surface area contributed by atoms with Crippen LogP contribution in [0.25, 0.3) is 0 Å². The Labute approximate surface area is 150 Å². The molecule has 0 saturated carbocycles. The summed E-state index contributed by atoms with van der Waals surface area (Å²) >= 11 is -4.43. The molecule has 0 amide bonds. The van der Waals surface area contributed by atoms with Crippen LogP contribution in [0, 0.1) is 0 Å². The van der Waals surface area contributed by atoms with Gasteiger partial charge in [-0.25, -0.2) is 0 Å². The van der Waals surface area contributed by atoms with E-state index in [1.165, 1.54) is 0 Å². The van der Waals surface area contributed by atoms with E-state index in [9.17, 15) is 0 Å². The standard InChI is InChI=1S/3C3H7O3P.2Al/c3*1-2-3-6-7(4)5;;/h3*2-3H2,1H3;;/q3*-2;2*+3. The topological polar surface area (TPSA) is 83.1 Å². The Hall–Kier alpha value is 1.99. The van der Waals surface area contributed by atoms with Crippen LogP contribution in [0.2, 0.25) is 0 Å². The zero-order valence-electron chi connectivity index (χ0n) is 13.4. The van der Waals surface area contributed by atoms with Crippen molar-refractivity contribution in [2.75, 3.05) is 19.8 Å². The molecule has 2 rings (SSSR count). The van der Waals surface area contributed by atoms with E-state index in [0.29, 0.717) is 19.8 Å². The van der Waals surface area contributed by atoms with Crippen molar-refractivity contribution in [3.05, 3.63) is 0 Å². The van der Waals surface area contributed by atoms with E-state index >= 15 is 0 Å². The van der Waals surface area contributed by atoms with Crippen LogP contribution >= 0.6 is 25.8 Å². The fraction of sp³-hybridized carbons (Fsp3) is 1.00. The first-order valence-electron chi connectivity index (χ1n) is 7.54. The van der Waals surface area contributed by atoms with Crippen LogP contribution in [0.5, 0.6) is 0 Å². The molecule has 14 heteroatoms. The fourth-order valence-corrected chi connectivity index (χ4v) is 9.82. The highest BCUT2D eigenvalue weighted by Crippen LogP contribution is 2.57. The van der Waals surface area contributed by atoms with Gasteiger partial charge in [-0.3, -0.25) is 0 Å². The summed E-state index contributed by atoms with van der Waals surface area (Å²) in [6.45, 7) is 7.80. The summed E-state index contributed by atoms with van der Waals surface area (Å²) in [4.78, 5) is 0. The number of rotatable bonds is 13. The second kappa shape index (κ2) is 12.4. The summed E-state index contributed by atoms with van der Waals surface area (Å²) < 4.78 is 49.3. The van der Waals surface area contributed by atoms with E-state index in [1.54, 1.807) is 0 Å². The van der Waals surface area contributed by atoms with E-state index in [4.69, 9.17) is 35.0 Å². The van der Waals surface area contributed by atoms with Crippen molar-refractivity contribution in [3.8, 4) is 0 Å². The predicted octanol–water partition coefficient (Wildman–Crippen LogP) is 4.04. The zero-order valence-corrected chi connectivity index (χ0v) is 18.4. The van der Waals surface area contributed by atoms with Crippen molar-refractivity contribution in [3.63, 3.8) is 0 Å². The Kier molecular flexibility index (Phi) is 11.5.